The van der Waals surface area contributed by atoms with Gasteiger partial charge in [-0.2, -0.15) is 4.98 Å². The molecule has 108 valence electrons. The molecule has 2 aliphatic heterocycles. The zero-order valence-corrected chi connectivity index (χ0v) is 11.4. The van der Waals surface area contributed by atoms with Crippen LogP contribution in [0.2, 0.25) is 0 Å². The van der Waals surface area contributed by atoms with E-state index in [2.05, 4.69) is 25.3 Å². The lowest BCUT2D eigenvalue weighted by Crippen LogP contribution is -2.12. The highest BCUT2D eigenvalue weighted by molar-refractivity contribution is 7.89. The molecule has 0 saturated heterocycles. The molecule has 0 fully saturated rings. The first-order valence-corrected chi connectivity index (χ1v) is 7.34. The van der Waals surface area contributed by atoms with Gasteiger partial charge < -0.3 is 16.0 Å². The maximum atomic E-state index is 11.3. The fourth-order valence-electron chi connectivity index (χ4n) is 1.80. The maximum Gasteiger partial charge on any atom is 0.238 e. The molecule has 0 bridgehead atoms. The van der Waals surface area contributed by atoms with Gasteiger partial charge in [-0.1, -0.05) is 6.07 Å². The maximum absolute atomic E-state index is 11.3. The molecular formula is C11H11N7O2S. The number of nitrogens with one attached hydrogen (secondary N) is 2. The molecule has 6 N–H and O–H groups in total. The fraction of sp³-hybridized carbons (Fsp3) is 0. The van der Waals surface area contributed by atoms with Crippen LogP contribution in [0.3, 0.4) is 0 Å². The van der Waals surface area contributed by atoms with Crippen molar-refractivity contribution in [2.24, 2.45) is 5.14 Å². The van der Waals surface area contributed by atoms with Crippen molar-refractivity contribution in [2.45, 2.75) is 4.90 Å². The third-order valence-electron chi connectivity index (χ3n) is 2.73. The number of aromatic nitrogens is 4. The van der Waals surface area contributed by atoms with Gasteiger partial charge in [-0.25, -0.2) is 23.5 Å². The van der Waals surface area contributed by atoms with Crippen LogP contribution in [0.15, 0.2) is 35.5 Å². The highest BCUT2D eigenvalue weighted by atomic mass is 32.2. The van der Waals surface area contributed by atoms with Gasteiger partial charge in [0.05, 0.1) is 4.90 Å². The first-order valence-electron chi connectivity index (χ1n) is 5.79. The van der Waals surface area contributed by atoms with E-state index < -0.39 is 10.0 Å². The summed E-state index contributed by atoms with van der Waals surface area (Å²) in [6.07, 6.45) is 1.35. The van der Waals surface area contributed by atoms with Crippen LogP contribution in [0.4, 0.5) is 17.5 Å². The average Bonchev–Trinajstić information content (AvgIpc) is 2.87. The first kappa shape index (κ1) is 13.3. The molecule has 10 heteroatoms. The molecule has 2 heterocycles. The van der Waals surface area contributed by atoms with Crippen molar-refractivity contribution < 1.29 is 8.42 Å². The summed E-state index contributed by atoms with van der Waals surface area (Å²) in [5.74, 6) is 1.01. The van der Waals surface area contributed by atoms with Crippen molar-refractivity contribution in [1.29, 1.82) is 0 Å². The monoisotopic (exact) mass is 305 g/mol. The van der Waals surface area contributed by atoms with Crippen molar-refractivity contribution >= 4 is 27.5 Å². The van der Waals surface area contributed by atoms with Gasteiger partial charge in [0.1, 0.15) is 17.8 Å². The molecule has 0 aromatic heterocycles. The van der Waals surface area contributed by atoms with Crippen LogP contribution >= 0.6 is 0 Å². The minimum atomic E-state index is -3.77. The second kappa shape index (κ2) is 4.68. The van der Waals surface area contributed by atoms with E-state index in [1.165, 1.54) is 18.5 Å². The number of sulfonamides is 1. The second-order valence-electron chi connectivity index (χ2n) is 4.24. The Hall–Kier alpha value is -2.72. The number of fused-ring (bicyclic) bond motifs is 1. The zero-order chi connectivity index (χ0) is 15.0. The van der Waals surface area contributed by atoms with Gasteiger partial charge in [-0.3, -0.25) is 0 Å². The SMILES string of the molecule is Nc1[nH]c(Nc2cccc(S(N)(=O)=O)c2)nc2ncnc1-2. The number of hydrogen-bond acceptors (Lipinski definition) is 7. The molecular weight excluding hydrogens is 294 g/mol. The quantitative estimate of drug-likeness (QED) is 0.542. The molecule has 1 aromatic carbocycles. The fourth-order valence-corrected chi connectivity index (χ4v) is 2.36. The summed E-state index contributed by atoms with van der Waals surface area (Å²) >= 11 is 0. The van der Waals surface area contributed by atoms with Crippen LogP contribution in [0.25, 0.3) is 11.5 Å². The normalized spacial score (nSPS) is 11.7. The van der Waals surface area contributed by atoms with Crippen molar-refractivity contribution in [3.8, 4) is 11.5 Å². The van der Waals surface area contributed by atoms with Crippen LogP contribution < -0.4 is 16.2 Å². The lowest BCUT2D eigenvalue weighted by Gasteiger charge is -2.09. The molecule has 0 radical (unpaired) electrons. The summed E-state index contributed by atoms with van der Waals surface area (Å²) in [5, 5.41) is 7.99. The van der Waals surface area contributed by atoms with E-state index in [9.17, 15) is 8.42 Å². The second-order valence-corrected chi connectivity index (χ2v) is 5.80. The summed E-state index contributed by atoms with van der Waals surface area (Å²) in [5.41, 5.74) is 6.76. The summed E-state index contributed by atoms with van der Waals surface area (Å²) in [6, 6.07) is 6.02. The van der Waals surface area contributed by atoms with Gasteiger partial charge >= 0.3 is 0 Å². The number of nitrogens with zero attached hydrogens (tertiary/aromatic N) is 3. The Labute approximate surface area is 119 Å². The van der Waals surface area contributed by atoms with E-state index >= 15 is 0 Å². The van der Waals surface area contributed by atoms with Crippen LogP contribution in [0.5, 0.6) is 0 Å². The van der Waals surface area contributed by atoms with Crippen molar-refractivity contribution in [3.63, 3.8) is 0 Å². The van der Waals surface area contributed by atoms with E-state index in [1.807, 2.05) is 0 Å². The molecule has 3 rings (SSSR count). The molecule has 0 saturated carbocycles. The predicted molar refractivity (Wildman–Crippen MR) is 76.3 cm³/mol. The lowest BCUT2D eigenvalue weighted by atomic mass is 10.3. The number of hydrogen-bond donors (Lipinski definition) is 4. The topological polar surface area (TPSA) is 153 Å². The van der Waals surface area contributed by atoms with E-state index in [0.29, 0.717) is 29.0 Å². The summed E-state index contributed by atoms with van der Waals surface area (Å²) in [6.45, 7) is 0. The number of primary sulfonamides is 1. The van der Waals surface area contributed by atoms with Crippen LogP contribution in [0, 0.1) is 0 Å². The summed E-state index contributed by atoms with van der Waals surface area (Å²) < 4.78 is 22.6. The van der Waals surface area contributed by atoms with E-state index in [0.717, 1.165) is 0 Å². The zero-order valence-electron chi connectivity index (χ0n) is 10.6. The molecule has 1 aromatic rings. The Morgan fingerprint density at radius 3 is 2.81 bits per heavy atom. The lowest BCUT2D eigenvalue weighted by molar-refractivity contribution is 0.598. The summed E-state index contributed by atoms with van der Waals surface area (Å²) in [7, 11) is -3.77. The largest absolute Gasteiger partial charge is 0.383 e. The van der Waals surface area contributed by atoms with Crippen molar-refractivity contribution in [1.82, 2.24) is 19.9 Å². The van der Waals surface area contributed by atoms with Gasteiger partial charge in [-0.15, -0.1) is 0 Å². The van der Waals surface area contributed by atoms with Gasteiger partial charge in [-0.05, 0) is 18.2 Å². The smallest absolute Gasteiger partial charge is 0.238 e. The molecule has 0 unspecified atom stereocenters. The average molecular weight is 305 g/mol. The number of anilines is 3. The highest BCUT2D eigenvalue weighted by Gasteiger charge is 2.14. The van der Waals surface area contributed by atoms with E-state index in [4.69, 9.17) is 10.9 Å². The van der Waals surface area contributed by atoms with Gasteiger partial charge in [0.15, 0.2) is 5.82 Å². The third-order valence-corrected chi connectivity index (χ3v) is 3.64. The van der Waals surface area contributed by atoms with Gasteiger partial charge in [0.25, 0.3) is 0 Å². The van der Waals surface area contributed by atoms with Crippen LogP contribution in [0.1, 0.15) is 0 Å². The van der Waals surface area contributed by atoms with Gasteiger partial charge in [0.2, 0.25) is 16.0 Å². The van der Waals surface area contributed by atoms with E-state index in [1.54, 1.807) is 12.1 Å². The molecule has 0 aliphatic carbocycles. The summed E-state index contributed by atoms with van der Waals surface area (Å²) in [4.78, 5) is 14.9. The van der Waals surface area contributed by atoms with Crippen molar-refractivity contribution in [2.75, 3.05) is 11.1 Å². The minimum Gasteiger partial charge on any atom is -0.383 e. The number of imidazole rings is 1. The number of nitrogen functional groups attached to an aromatic ring is 1. The van der Waals surface area contributed by atoms with Crippen LogP contribution in [-0.2, 0) is 10.0 Å². The first-order chi connectivity index (χ1) is 9.93. The highest BCUT2D eigenvalue weighted by Crippen LogP contribution is 2.24. The Balaban J connectivity index is 1.98. The Bertz CT molecular complexity index is 874. The Morgan fingerprint density at radius 1 is 1.24 bits per heavy atom. The number of aromatic amines is 1. The number of H-pyrrole nitrogens is 1. The van der Waals surface area contributed by atoms with Crippen LogP contribution in [-0.4, -0.2) is 28.4 Å². The minimum absolute atomic E-state index is 0.00495. The third kappa shape index (κ3) is 2.61. The predicted octanol–water partition coefficient (Wildman–Crippen LogP) is 0.278. The molecule has 0 amide bonds. The molecule has 2 aliphatic rings. The molecule has 9 nitrogen and oxygen atoms in total. The molecule has 0 spiro atoms. The molecule has 0 atom stereocenters. The Kier molecular flexibility index (Phi) is 2.96. The molecule has 21 heavy (non-hydrogen) atoms. The number of benzene rings is 1. The number of rotatable bonds is 3. The van der Waals surface area contributed by atoms with Gasteiger partial charge in [0, 0.05) is 5.69 Å². The number of nitrogens with two attached hydrogens (primary N) is 2. The van der Waals surface area contributed by atoms with E-state index in [-0.39, 0.29) is 4.90 Å². The van der Waals surface area contributed by atoms with Crippen molar-refractivity contribution in [3.05, 3.63) is 30.6 Å². The Morgan fingerprint density at radius 2 is 2.05 bits per heavy atom. The standard InChI is InChI=1S/C11H11N7O2S/c12-9-8-10(15-5-14-8)18-11(17-9)16-6-2-1-3-7(4-6)21(13,19)20/h1-5H,(H2,13,19,20)(H4,12,14,15,16,17,18).